The minimum Gasteiger partial charge on any atom is -0.391 e. The molecule has 105 heavy (non-hydrogen) atoms. The van der Waals surface area contributed by atoms with Gasteiger partial charge in [0.25, 0.3) is 5.95 Å². The zero-order chi connectivity index (χ0) is 74.1. The van der Waals surface area contributed by atoms with Crippen LogP contribution in [0.2, 0.25) is 0 Å². The summed E-state index contributed by atoms with van der Waals surface area (Å²) in [6.07, 6.45) is 17.2. The highest BCUT2D eigenvalue weighted by atomic mass is 32.2. The number of β-amino-alcohol motifs (C(OH)–C–C–N with tert-alkyl or cyclic N) is 1. The fourth-order valence-electron chi connectivity index (χ4n) is 15.9. The number of aromatic amines is 4. The molecule has 17 rings (SSSR count). The molecule has 0 radical (unpaired) electrons. The van der Waals surface area contributed by atoms with Gasteiger partial charge in [-0.25, -0.2) is 38.3 Å². The van der Waals surface area contributed by atoms with Crippen LogP contribution in [-0.2, 0) is 34.9 Å². The van der Waals surface area contributed by atoms with Gasteiger partial charge < -0.3 is 54.1 Å². The Morgan fingerprint density at radius 2 is 1.07 bits per heavy atom. The summed E-state index contributed by atoms with van der Waals surface area (Å²) in [5.41, 5.74) is 11.8. The van der Waals surface area contributed by atoms with Crippen molar-refractivity contribution < 1.29 is 53.0 Å². The molecule has 5 aromatic carbocycles. The number of aliphatic hydroxyl groups is 1. The molecule has 4 unspecified atom stereocenters. The lowest BCUT2D eigenvalue weighted by atomic mass is 9.81. The molecule has 0 saturated carbocycles. The molecular formula is C75H91F2N15O10S3. The normalized spacial score (nSPS) is 20.6. The molecular weight excluding hydrogens is 1410 g/mol. The summed E-state index contributed by atoms with van der Waals surface area (Å²) < 4.78 is 111. The molecule has 5 saturated heterocycles. The van der Waals surface area contributed by atoms with Gasteiger partial charge in [-0.15, -0.1) is 0 Å². The molecule has 5 fully saturated rings. The van der Waals surface area contributed by atoms with Crippen LogP contribution in [0.4, 0.5) is 32.1 Å². The van der Waals surface area contributed by atoms with Crippen LogP contribution < -0.4 is 20.0 Å². The number of hydrogen-bond donors (Lipinski definition) is 6. The van der Waals surface area contributed by atoms with Gasteiger partial charge in [0, 0.05) is 165 Å². The summed E-state index contributed by atoms with van der Waals surface area (Å²) in [4.78, 5) is 40.2. The number of para-hydroxylation sites is 2. The van der Waals surface area contributed by atoms with Crippen LogP contribution in [0.25, 0.3) is 43.6 Å². The summed E-state index contributed by atoms with van der Waals surface area (Å²) in [7, 11) is -9.46. The van der Waals surface area contributed by atoms with Crippen molar-refractivity contribution in [2.24, 2.45) is 5.92 Å². The van der Waals surface area contributed by atoms with E-state index in [0.717, 1.165) is 144 Å². The van der Waals surface area contributed by atoms with E-state index < -0.39 is 36.2 Å². The van der Waals surface area contributed by atoms with Crippen molar-refractivity contribution in [2.45, 2.75) is 108 Å². The van der Waals surface area contributed by atoms with Gasteiger partial charge in [-0.2, -0.15) is 18.6 Å². The molecule has 0 aliphatic carbocycles. The number of anilines is 4. The molecule has 6 aliphatic rings. The SMILES string of the molecule is CC1CN(c2c[nH]c3ccccc23)CCN1S(C)(=O)=O.CS(=O)(=O)N1CCC(c2c[nH]c3ccccc23)C(O)C1.Cc1ccc2c(c1)C(C1CCN(S(C)(=O)=O)CC1)C(=O)N2.Cc1nc(N2CCC(c3c[nH]c4cc(F)ccc34)CC2)no1.Cc1noc(N2CCC(c3c[nH]c4cc(F)ccc34)CC2)n1. The largest absolute Gasteiger partial charge is 0.391 e. The summed E-state index contributed by atoms with van der Waals surface area (Å²) in [5, 5.41) is 25.6. The van der Waals surface area contributed by atoms with Crippen molar-refractivity contribution >= 4 is 103 Å². The lowest BCUT2D eigenvalue weighted by Gasteiger charge is -2.39. The number of piperazine rings is 1. The first kappa shape index (κ1) is 74.2. The van der Waals surface area contributed by atoms with Crippen LogP contribution in [0, 0.1) is 38.3 Å². The van der Waals surface area contributed by atoms with Crippen LogP contribution in [0.1, 0.15) is 115 Å². The first-order valence-electron chi connectivity index (χ1n) is 35.7. The molecule has 6 aliphatic heterocycles. The first-order chi connectivity index (χ1) is 50.2. The van der Waals surface area contributed by atoms with Crippen LogP contribution >= 0.6 is 0 Å². The molecule has 30 heteroatoms. The first-order valence-corrected chi connectivity index (χ1v) is 41.2. The second kappa shape index (κ2) is 31.2. The maximum absolute atomic E-state index is 13.3. The van der Waals surface area contributed by atoms with Gasteiger partial charge in [-0.3, -0.25) is 4.79 Å². The molecule has 4 atom stereocenters. The number of aromatic nitrogens is 8. The second-order valence-electron chi connectivity index (χ2n) is 28.4. The topological polar surface area (TPSA) is 312 Å². The quantitative estimate of drug-likeness (QED) is 0.0741. The Balaban J connectivity index is 0.000000116. The third-order valence-corrected chi connectivity index (χ3v) is 25.2. The zero-order valence-electron chi connectivity index (χ0n) is 60.0. The third-order valence-electron chi connectivity index (χ3n) is 21.3. The number of carbonyl (C=O) groups excluding carboxylic acids is 1. The zero-order valence-corrected chi connectivity index (χ0v) is 62.4. The number of H-pyrrole nitrogens is 4. The van der Waals surface area contributed by atoms with Gasteiger partial charge in [0.1, 0.15) is 11.6 Å². The Morgan fingerprint density at radius 1 is 0.514 bits per heavy atom. The number of aliphatic hydroxyl groups excluding tert-OH is 1. The van der Waals surface area contributed by atoms with Crippen molar-refractivity contribution in [2.75, 3.05) is 111 Å². The van der Waals surface area contributed by atoms with E-state index in [0.29, 0.717) is 68.1 Å². The van der Waals surface area contributed by atoms with Crippen LogP contribution in [0.3, 0.4) is 0 Å². The lowest BCUT2D eigenvalue weighted by Crippen LogP contribution is -2.53. The number of carbonyl (C=O) groups is 1. The van der Waals surface area contributed by atoms with Crippen molar-refractivity contribution in [3.05, 3.63) is 179 Å². The van der Waals surface area contributed by atoms with Gasteiger partial charge in [0.15, 0.2) is 5.82 Å². The number of rotatable bonds is 10. The molecule has 6 aromatic heterocycles. The minimum absolute atomic E-state index is 0.00703. The van der Waals surface area contributed by atoms with Gasteiger partial charge >= 0.3 is 6.01 Å². The highest BCUT2D eigenvalue weighted by Crippen LogP contribution is 2.43. The average molecular weight is 1500 g/mol. The molecule has 25 nitrogen and oxygen atoms in total. The van der Waals surface area contributed by atoms with E-state index in [2.05, 4.69) is 78.4 Å². The third kappa shape index (κ3) is 17.0. The highest BCUT2D eigenvalue weighted by molar-refractivity contribution is 7.88. The number of hydrogen-bond acceptors (Lipinski definition) is 17. The monoisotopic (exact) mass is 1500 g/mol. The Hall–Kier alpha value is -9.04. The second-order valence-corrected chi connectivity index (χ2v) is 34.3. The fraction of sp³-hybridized carbons (Fsp3) is 0.427. The predicted octanol–water partition coefficient (Wildman–Crippen LogP) is 11.4. The van der Waals surface area contributed by atoms with Gasteiger partial charge in [0.05, 0.1) is 36.5 Å². The number of fused-ring (bicyclic) bond motifs is 5. The standard InChI is InChI=1S/2C16H17FN4O.C15H20N2O3S.C14H19N3O2S.C14H18N2O3S/c1-10-19-16(20-22-10)21-6-4-11(5-7-21)14-9-18-15-8-12(17)2-3-13(14)15;1-10-19-16(22-20-10)21-6-4-11(5-7-21)14-9-18-15-8-12(17)2-3-13(14)15;1-10-3-4-13-12(9-10)14(15(18)16-13)11-5-7-17(8-6-11)21(2,19)20;1-11-10-16(7-8-17(11)20(2,18)19)14-9-15-13-6-4-3-5-12(13)14;1-20(18,19)16-7-6-11(14(17)9-16)12-8-15-13-5-3-2-4-10(12)13/h2*2-3,8-9,11,18H,4-7H2,1H3;3-4,9,11,14H,5-8H2,1-2H3,(H,16,18);3-6,9,11,15H,7-8,10H2,1-2H3;2-5,8,11,14-15,17H,6-7,9H2,1H3. The molecule has 558 valence electrons. The van der Waals surface area contributed by atoms with E-state index in [1.165, 1.54) is 56.0 Å². The fourth-order valence-corrected chi connectivity index (χ4v) is 18.7. The summed E-state index contributed by atoms with van der Waals surface area (Å²) in [6, 6.07) is 32.6. The average Bonchev–Trinajstić information content (AvgIpc) is 1.65. The lowest BCUT2D eigenvalue weighted by molar-refractivity contribution is -0.118. The van der Waals surface area contributed by atoms with E-state index in [4.69, 9.17) is 9.05 Å². The molecule has 12 heterocycles. The summed E-state index contributed by atoms with van der Waals surface area (Å²) >= 11 is 0. The number of aryl methyl sites for hydroxylation is 3. The number of sulfonamides is 3. The Morgan fingerprint density at radius 3 is 1.63 bits per heavy atom. The number of nitrogens with zero attached hydrogens (tertiary/aromatic N) is 10. The van der Waals surface area contributed by atoms with Crippen molar-refractivity contribution in [3.8, 4) is 0 Å². The molecule has 0 spiro atoms. The highest BCUT2D eigenvalue weighted by Gasteiger charge is 2.40. The van der Waals surface area contributed by atoms with Gasteiger partial charge in [-0.1, -0.05) is 59.3 Å². The molecule has 0 bridgehead atoms. The number of nitrogens with one attached hydrogen (secondary N) is 5. The molecule has 6 N–H and O–H groups in total. The van der Waals surface area contributed by atoms with Crippen LogP contribution in [0.15, 0.2) is 137 Å². The van der Waals surface area contributed by atoms with Gasteiger partial charge in [0.2, 0.25) is 41.9 Å². The van der Waals surface area contributed by atoms with Crippen LogP contribution in [-0.4, -0.2) is 192 Å². The number of piperidine rings is 4. The van der Waals surface area contributed by atoms with Crippen molar-refractivity contribution in [1.82, 2.24) is 53.1 Å². The van der Waals surface area contributed by atoms with Crippen molar-refractivity contribution in [3.63, 3.8) is 0 Å². The number of benzene rings is 5. The van der Waals surface area contributed by atoms with E-state index >= 15 is 0 Å². The maximum Gasteiger partial charge on any atom is 0.324 e. The summed E-state index contributed by atoms with van der Waals surface area (Å²) in [5.74, 6) is 2.57. The minimum atomic E-state index is -3.23. The van der Waals surface area contributed by atoms with E-state index in [1.54, 1.807) is 23.4 Å². The Labute approximate surface area is 609 Å². The van der Waals surface area contributed by atoms with Gasteiger partial charge in [-0.05, 0) is 165 Å². The smallest absolute Gasteiger partial charge is 0.324 e. The van der Waals surface area contributed by atoms with E-state index in [-0.39, 0.29) is 47.9 Å². The predicted molar refractivity (Wildman–Crippen MR) is 404 cm³/mol. The van der Waals surface area contributed by atoms with E-state index in [9.17, 15) is 43.9 Å². The molecule has 11 aromatic rings. The number of halogens is 2. The molecule has 1 amide bonds. The van der Waals surface area contributed by atoms with Crippen molar-refractivity contribution in [1.29, 1.82) is 0 Å². The Bertz CT molecular complexity index is 5090. The number of amides is 1. The maximum atomic E-state index is 13.3. The summed E-state index contributed by atoms with van der Waals surface area (Å²) in [6.45, 7) is 14.8. The Kier molecular flexibility index (Phi) is 22.0. The van der Waals surface area contributed by atoms with Crippen LogP contribution in [0.5, 0.6) is 0 Å². The van der Waals surface area contributed by atoms with E-state index in [1.807, 2.05) is 106 Å².